The first kappa shape index (κ1) is 71.8. The first-order chi connectivity index (χ1) is 38.3. The number of amides is 7. The molecule has 1 aliphatic carbocycles. The molecule has 460 valence electrons. The molecule has 1 unspecified atom stereocenters. The van der Waals surface area contributed by atoms with Crippen LogP contribution in [0.4, 0.5) is 5.69 Å². The summed E-state index contributed by atoms with van der Waals surface area (Å²) < 4.78 is 12.1. The standard InChI is InChI=1S/C58H95BN8O15/c1-55(2,37-56(3,4)35-49(73)74)34-47(70)64-36-38-13-15-40(16-14-38)52(77)67-44(54(79)80)21-23-45(68)66-43(22-24-48(71)72)53(78)63-31-33-82-58(7,8)27-32-81-57(5,6)26-25-46(69)65-42(50(60)75)12-9-10-29-62-51(76)39-17-19-41(20-18-39)61-30-11-28-59/h17-20,38,40,42-44,61H,9-16,21-37H2,1-8H3,(H2,60,75)(H,62,76)(H,63,78)(H,64,70)(H,65,69)(H,66,68)(H,67,77)(H,71,72)(H,73,74)(H,79,80)/t38?,40?,42?,43-,44-/m0/s1. The number of carbonyl (C=O) groups excluding carboxylic acids is 7. The number of ether oxygens (including phenoxy) is 2. The van der Waals surface area contributed by atoms with Gasteiger partial charge in [0.05, 0.1) is 38.7 Å². The normalized spacial score (nSPS) is 15.9. The SMILES string of the molecule is [B]CCCNc1ccc(C(=O)NCCCCC(NC(=O)CCC(C)(C)OCCC(C)(C)OCCNC(=O)[C@H](CCC(=O)O)NC(=O)CC[C@H](NC(=O)C2CCC(CNC(=O)CC(C)(C)CC(C)(C)CC(=O)O)CC2)C(=O)O)C(N)=O)cc1. The maximum Gasteiger partial charge on any atom is 0.326 e. The summed E-state index contributed by atoms with van der Waals surface area (Å²) in [5.41, 5.74) is 4.66. The van der Waals surface area contributed by atoms with E-state index < -0.39 is 94.0 Å². The third kappa shape index (κ3) is 31.2. The predicted octanol–water partition coefficient (Wildman–Crippen LogP) is 4.75. The van der Waals surface area contributed by atoms with E-state index in [0.717, 1.165) is 18.7 Å². The Bertz CT molecular complexity index is 2250. The smallest absolute Gasteiger partial charge is 0.326 e. The van der Waals surface area contributed by atoms with Gasteiger partial charge < -0.3 is 67.7 Å². The quantitative estimate of drug-likeness (QED) is 0.0311. The van der Waals surface area contributed by atoms with E-state index >= 15 is 0 Å². The topological polar surface area (TPSA) is 360 Å². The number of unbranched alkanes of at least 4 members (excludes halogenated alkanes) is 1. The average molecular weight is 1160 g/mol. The number of aliphatic carboxylic acids is 3. The second-order valence-electron chi connectivity index (χ2n) is 24.4. The Labute approximate surface area is 485 Å². The van der Waals surface area contributed by atoms with Gasteiger partial charge in [0.2, 0.25) is 35.4 Å². The maximum atomic E-state index is 13.2. The zero-order chi connectivity index (χ0) is 61.7. The summed E-state index contributed by atoms with van der Waals surface area (Å²) in [4.78, 5) is 125. The van der Waals surface area contributed by atoms with E-state index in [1.54, 1.807) is 12.1 Å². The number of hydrogen-bond donors (Lipinski definition) is 11. The van der Waals surface area contributed by atoms with Gasteiger partial charge in [-0.1, -0.05) is 34.0 Å². The largest absolute Gasteiger partial charge is 0.481 e. The molecule has 12 N–H and O–H groups in total. The van der Waals surface area contributed by atoms with E-state index in [9.17, 15) is 63.3 Å². The lowest BCUT2D eigenvalue weighted by Crippen LogP contribution is -2.49. The monoisotopic (exact) mass is 1150 g/mol. The minimum Gasteiger partial charge on any atom is -0.481 e. The van der Waals surface area contributed by atoms with Gasteiger partial charge in [-0.15, -0.1) is 0 Å². The number of anilines is 1. The van der Waals surface area contributed by atoms with Crippen molar-refractivity contribution in [2.45, 2.75) is 207 Å². The van der Waals surface area contributed by atoms with Crippen molar-refractivity contribution in [3.63, 3.8) is 0 Å². The van der Waals surface area contributed by atoms with Crippen molar-refractivity contribution in [3.05, 3.63) is 29.8 Å². The first-order valence-electron chi connectivity index (χ1n) is 28.8. The van der Waals surface area contributed by atoms with Crippen LogP contribution in [0.15, 0.2) is 24.3 Å². The highest BCUT2D eigenvalue weighted by Crippen LogP contribution is 2.38. The Morgan fingerprint density at radius 1 is 0.610 bits per heavy atom. The summed E-state index contributed by atoms with van der Waals surface area (Å²) >= 11 is 0. The Morgan fingerprint density at radius 2 is 1.21 bits per heavy atom. The Kier molecular flexibility index (Phi) is 31.2. The number of nitrogens with two attached hydrogens (primary N) is 1. The van der Waals surface area contributed by atoms with E-state index in [-0.39, 0.29) is 81.9 Å². The Morgan fingerprint density at radius 3 is 1.82 bits per heavy atom. The highest BCUT2D eigenvalue weighted by molar-refractivity contribution is 6.08. The molecule has 1 fully saturated rings. The Hall–Kier alpha value is -6.30. The summed E-state index contributed by atoms with van der Waals surface area (Å²) in [6.45, 7) is 16.8. The van der Waals surface area contributed by atoms with Crippen LogP contribution in [-0.2, 0) is 52.6 Å². The van der Waals surface area contributed by atoms with Crippen LogP contribution < -0.4 is 43.0 Å². The van der Waals surface area contributed by atoms with E-state index in [0.29, 0.717) is 89.2 Å². The summed E-state index contributed by atoms with van der Waals surface area (Å²) in [6, 6.07) is 3.58. The molecule has 0 heterocycles. The highest BCUT2D eigenvalue weighted by Gasteiger charge is 2.34. The number of hydrogen-bond acceptors (Lipinski definition) is 13. The van der Waals surface area contributed by atoms with Crippen molar-refractivity contribution in [3.8, 4) is 0 Å². The molecule has 23 nitrogen and oxygen atoms in total. The van der Waals surface area contributed by atoms with Crippen LogP contribution in [0.2, 0.25) is 6.32 Å². The molecule has 0 bridgehead atoms. The second kappa shape index (κ2) is 35.6. The van der Waals surface area contributed by atoms with Gasteiger partial charge in [-0.05, 0) is 152 Å². The number of rotatable bonds is 42. The van der Waals surface area contributed by atoms with Gasteiger partial charge in [-0.25, -0.2) is 4.79 Å². The highest BCUT2D eigenvalue weighted by atomic mass is 16.5. The van der Waals surface area contributed by atoms with Gasteiger partial charge in [-0.3, -0.25) is 43.2 Å². The summed E-state index contributed by atoms with van der Waals surface area (Å²) in [5.74, 6) is -7.01. The molecule has 2 radical (unpaired) electrons. The van der Waals surface area contributed by atoms with E-state index in [2.05, 4.69) is 37.2 Å². The van der Waals surface area contributed by atoms with Crippen molar-refractivity contribution in [2.24, 2.45) is 28.4 Å². The van der Waals surface area contributed by atoms with E-state index in [1.165, 1.54) is 0 Å². The van der Waals surface area contributed by atoms with E-state index in [1.807, 2.05) is 67.5 Å². The first-order valence-corrected chi connectivity index (χ1v) is 28.8. The number of carboxylic acid groups (broad SMARTS) is 3. The van der Waals surface area contributed by atoms with Crippen molar-refractivity contribution >= 4 is 72.8 Å². The molecule has 1 aliphatic rings. The molecular weight excluding hydrogens is 1060 g/mol. The maximum absolute atomic E-state index is 13.2. The molecule has 1 aromatic rings. The van der Waals surface area contributed by atoms with Crippen molar-refractivity contribution < 1.29 is 72.7 Å². The fourth-order valence-electron chi connectivity index (χ4n) is 10.00. The van der Waals surface area contributed by atoms with E-state index in [4.69, 9.17) is 23.1 Å². The van der Waals surface area contributed by atoms with Gasteiger partial charge in [-0.2, -0.15) is 0 Å². The van der Waals surface area contributed by atoms with Crippen LogP contribution in [0.3, 0.4) is 0 Å². The van der Waals surface area contributed by atoms with Crippen molar-refractivity contribution in [2.75, 3.05) is 44.7 Å². The van der Waals surface area contributed by atoms with Gasteiger partial charge in [0.25, 0.3) is 5.91 Å². The Balaban J connectivity index is 1.73. The van der Waals surface area contributed by atoms with Crippen LogP contribution in [-0.4, -0.2) is 151 Å². The summed E-state index contributed by atoms with van der Waals surface area (Å²) in [6.07, 6.45) is 5.26. The fourth-order valence-corrected chi connectivity index (χ4v) is 10.00. The van der Waals surface area contributed by atoms with Gasteiger partial charge in [0.1, 0.15) is 18.1 Å². The molecule has 0 aromatic heterocycles. The molecule has 0 spiro atoms. The minimum absolute atomic E-state index is 0.00358. The lowest BCUT2D eigenvalue weighted by atomic mass is 9.71. The zero-order valence-electron chi connectivity index (χ0n) is 49.8. The number of benzene rings is 1. The molecule has 1 aromatic carbocycles. The predicted molar refractivity (Wildman–Crippen MR) is 309 cm³/mol. The lowest BCUT2D eigenvalue weighted by Gasteiger charge is -2.34. The molecule has 82 heavy (non-hydrogen) atoms. The molecule has 0 aliphatic heterocycles. The lowest BCUT2D eigenvalue weighted by molar-refractivity contribution is -0.143. The van der Waals surface area contributed by atoms with Gasteiger partial charge in [0.15, 0.2) is 0 Å². The van der Waals surface area contributed by atoms with Crippen LogP contribution in [0.25, 0.3) is 0 Å². The van der Waals surface area contributed by atoms with Crippen LogP contribution >= 0.6 is 0 Å². The molecule has 2 rings (SSSR count). The second-order valence-corrected chi connectivity index (χ2v) is 24.4. The number of carboxylic acids is 3. The van der Waals surface area contributed by atoms with Gasteiger partial charge >= 0.3 is 17.9 Å². The van der Waals surface area contributed by atoms with Crippen LogP contribution in [0.1, 0.15) is 181 Å². The third-order valence-corrected chi connectivity index (χ3v) is 14.4. The summed E-state index contributed by atoms with van der Waals surface area (Å²) in [7, 11) is 5.52. The fraction of sp³-hybridized carbons (Fsp3) is 0.724. The van der Waals surface area contributed by atoms with Gasteiger partial charge in [0, 0.05) is 69.0 Å². The zero-order valence-corrected chi connectivity index (χ0v) is 49.8. The molecular formula is C58H95BN8O15. The number of primary amides is 1. The molecule has 24 heteroatoms. The number of carbonyl (C=O) groups is 10. The van der Waals surface area contributed by atoms with Crippen LogP contribution in [0, 0.1) is 22.7 Å². The molecule has 7 amide bonds. The molecule has 3 atom stereocenters. The van der Waals surface area contributed by atoms with Crippen LogP contribution in [0.5, 0.6) is 0 Å². The average Bonchev–Trinajstić information content (AvgIpc) is 3.42. The van der Waals surface area contributed by atoms with Crippen molar-refractivity contribution in [1.82, 2.24) is 31.9 Å². The molecule has 0 saturated heterocycles. The number of nitrogens with one attached hydrogen (secondary N) is 7. The minimum atomic E-state index is -1.40. The summed E-state index contributed by atoms with van der Waals surface area (Å²) in [5, 5.41) is 48.0. The van der Waals surface area contributed by atoms with Crippen molar-refractivity contribution in [1.29, 1.82) is 0 Å². The third-order valence-electron chi connectivity index (χ3n) is 14.4. The molecule has 1 saturated carbocycles.